The molecule has 2 aromatic carbocycles. The van der Waals surface area contributed by atoms with Gasteiger partial charge in [-0.2, -0.15) is 0 Å². The summed E-state index contributed by atoms with van der Waals surface area (Å²) in [4.78, 5) is 28.3. The van der Waals surface area contributed by atoms with Crippen molar-refractivity contribution in [2.45, 2.75) is 32.7 Å². The van der Waals surface area contributed by atoms with Crippen LogP contribution in [0.2, 0.25) is 0 Å². The van der Waals surface area contributed by atoms with E-state index in [-0.39, 0.29) is 17.6 Å². The Bertz CT molecular complexity index is 862. The van der Waals surface area contributed by atoms with Crippen LogP contribution >= 0.6 is 0 Å². The van der Waals surface area contributed by atoms with Gasteiger partial charge in [-0.25, -0.2) is 0 Å². The highest BCUT2D eigenvalue weighted by molar-refractivity contribution is 5.95. The monoisotopic (exact) mass is 410 g/mol. The second-order valence-corrected chi connectivity index (χ2v) is 7.51. The van der Waals surface area contributed by atoms with Crippen LogP contribution in [0.5, 0.6) is 0 Å². The van der Waals surface area contributed by atoms with Gasteiger partial charge in [-0.05, 0) is 43.6 Å². The Morgan fingerprint density at radius 2 is 1.80 bits per heavy atom. The SMILES string of the molecule is CCN(CC)C(CNC(=O)c1ccc(N2CCCC2)c([N+](=O)[O-])c1)c1ccccc1. The minimum atomic E-state index is -0.396. The lowest BCUT2D eigenvalue weighted by Gasteiger charge is -2.30. The predicted octanol–water partition coefficient (Wildman–Crippen LogP) is 4.01. The fourth-order valence-corrected chi connectivity index (χ4v) is 4.13. The average Bonchev–Trinajstić information content (AvgIpc) is 3.31. The highest BCUT2D eigenvalue weighted by Gasteiger charge is 2.24. The zero-order valence-electron chi connectivity index (χ0n) is 17.7. The molecule has 1 aliphatic rings. The molecule has 7 nitrogen and oxygen atoms in total. The lowest BCUT2D eigenvalue weighted by molar-refractivity contribution is -0.384. The van der Waals surface area contributed by atoms with E-state index in [0.717, 1.165) is 44.6 Å². The molecule has 1 saturated heterocycles. The molecule has 0 aromatic heterocycles. The van der Waals surface area contributed by atoms with Crippen LogP contribution in [0.4, 0.5) is 11.4 Å². The first-order chi connectivity index (χ1) is 14.5. The number of rotatable bonds is 9. The average molecular weight is 411 g/mol. The summed E-state index contributed by atoms with van der Waals surface area (Å²) in [6.45, 7) is 7.99. The lowest BCUT2D eigenvalue weighted by Crippen LogP contribution is -2.38. The molecule has 1 fully saturated rings. The molecule has 2 aromatic rings. The van der Waals surface area contributed by atoms with Gasteiger partial charge in [0.15, 0.2) is 0 Å². The molecule has 160 valence electrons. The summed E-state index contributed by atoms with van der Waals surface area (Å²) < 4.78 is 0. The summed E-state index contributed by atoms with van der Waals surface area (Å²) in [7, 11) is 0. The number of hydrogen-bond acceptors (Lipinski definition) is 5. The third-order valence-electron chi connectivity index (χ3n) is 5.77. The number of likely N-dealkylation sites (N-methyl/N-ethyl adjacent to an activating group) is 1. The quantitative estimate of drug-likeness (QED) is 0.499. The number of nitrogens with zero attached hydrogens (tertiary/aromatic N) is 3. The largest absolute Gasteiger partial charge is 0.366 e. The Morgan fingerprint density at radius 1 is 1.13 bits per heavy atom. The molecule has 30 heavy (non-hydrogen) atoms. The highest BCUT2D eigenvalue weighted by Crippen LogP contribution is 2.31. The number of nitrogens with one attached hydrogen (secondary N) is 1. The van der Waals surface area contributed by atoms with E-state index in [1.54, 1.807) is 12.1 Å². The number of carbonyl (C=O) groups is 1. The first-order valence-corrected chi connectivity index (χ1v) is 10.7. The van der Waals surface area contributed by atoms with Gasteiger partial charge in [0.25, 0.3) is 11.6 Å². The number of anilines is 1. The van der Waals surface area contributed by atoms with Crippen molar-refractivity contribution in [1.29, 1.82) is 0 Å². The van der Waals surface area contributed by atoms with Crippen LogP contribution in [0.25, 0.3) is 0 Å². The van der Waals surface area contributed by atoms with E-state index in [9.17, 15) is 14.9 Å². The lowest BCUT2D eigenvalue weighted by atomic mass is 10.0. The molecule has 0 radical (unpaired) electrons. The second kappa shape index (κ2) is 10.2. The fraction of sp³-hybridized carbons (Fsp3) is 0.435. The van der Waals surface area contributed by atoms with Gasteiger partial charge in [0.05, 0.1) is 11.0 Å². The van der Waals surface area contributed by atoms with Crippen molar-refractivity contribution in [3.05, 3.63) is 69.8 Å². The molecular weight excluding hydrogens is 380 g/mol. The molecule has 3 rings (SSSR count). The van der Waals surface area contributed by atoms with E-state index in [2.05, 4.69) is 36.2 Å². The second-order valence-electron chi connectivity index (χ2n) is 7.51. The van der Waals surface area contributed by atoms with E-state index in [1.165, 1.54) is 6.07 Å². The number of nitro benzene ring substituents is 1. The van der Waals surface area contributed by atoms with Gasteiger partial charge in [-0.1, -0.05) is 44.2 Å². The van der Waals surface area contributed by atoms with E-state index in [1.807, 2.05) is 23.1 Å². The molecule has 1 atom stereocenters. The Labute approximate surface area is 177 Å². The van der Waals surface area contributed by atoms with Crippen LogP contribution < -0.4 is 10.2 Å². The maximum absolute atomic E-state index is 12.8. The highest BCUT2D eigenvalue weighted by atomic mass is 16.6. The molecule has 1 amide bonds. The van der Waals surface area contributed by atoms with E-state index < -0.39 is 4.92 Å². The van der Waals surface area contributed by atoms with E-state index in [0.29, 0.717) is 17.8 Å². The standard InChI is InChI=1S/C23H30N4O3/c1-3-25(4-2)22(18-10-6-5-7-11-18)17-24-23(28)19-12-13-20(21(16-19)27(29)30)26-14-8-9-15-26/h5-7,10-13,16,22H,3-4,8-9,14-15,17H2,1-2H3,(H,24,28). The number of benzene rings is 2. The van der Waals surface area contributed by atoms with Crippen molar-refractivity contribution in [2.24, 2.45) is 0 Å². The molecule has 1 unspecified atom stereocenters. The molecule has 7 heteroatoms. The first kappa shape index (κ1) is 21.8. The molecular formula is C23H30N4O3. The number of carbonyl (C=O) groups excluding carboxylic acids is 1. The van der Waals surface area contributed by atoms with Crippen molar-refractivity contribution in [3.8, 4) is 0 Å². The Morgan fingerprint density at radius 3 is 2.40 bits per heavy atom. The van der Waals surface area contributed by atoms with Gasteiger partial charge < -0.3 is 10.2 Å². The van der Waals surface area contributed by atoms with Gasteiger partial charge in [0.1, 0.15) is 5.69 Å². The summed E-state index contributed by atoms with van der Waals surface area (Å²) in [6.07, 6.45) is 2.07. The molecule has 0 saturated carbocycles. The molecule has 0 spiro atoms. The van der Waals surface area contributed by atoms with Crippen molar-refractivity contribution in [1.82, 2.24) is 10.2 Å². The minimum Gasteiger partial charge on any atom is -0.366 e. The molecule has 1 N–H and O–H groups in total. The Kier molecular flexibility index (Phi) is 7.41. The van der Waals surface area contributed by atoms with Crippen LogP contribution in [0.1, 0.15) is 48.7 Å². The maximum Gasteiger partial charge on any atom is 0.293 e. The smallest absolute Gasteiger partial charge is 0.293 e. The molecule has 1 aliphatic heterocycles. The summed E-state index contributed by atoms with van der Waals surface area (Å²) in [6, 6.07) is 14.9. The van der Waals surface area contributed by atoms with Crippen molar-refractivity contribution in [2.75, 3.05) is 37.6 Å². The molecule has 0 aliphatic carbocycles. The zero-order valence-corrected chi connectivity index (χ0v) is 17.7. The van der Waals surface area contributed by atoms with Gasteiger partial charge in [0.2, 0.25) is 0 Å². The Hall–Kier alpha value is -2.93. The number of hydrogen-bond donors (Lipinski definition) is 1. The van der Waals surface area contributed by atoms with Crippen LogP contribution in [-0.2, 0) is 0 Å². The summed E-state index contributed by atoms with van der Waals surface area (Å²) in [5.41, 5.74) is 2.04. The van der Waals surface area contributed by atoms with Crippen molar-refractivity contribution >= 4 is 17.3 Å². The van der Waals surface area contributed by atoms with Gasteiger partial charge in [-0.3, -0.25) is 19.8 Å². The van der Waals surface area contributed by atoms with Crippen LogP contribution in [0.3, 0.4) is 0 Å². The van der Waals surface area contributed by atoms with Gasteiger partial charge in [0, 0.05) is 31.3 Å². The van der Waals surface area contributed by atoms with Crippen LogP contribution in [0.15, 0.2) is 48.5 Å². The fourth-order valence-electron chi connectivity index (χ4n) is 4.13. The van der Waals surface area contributed by atoms with Crippen molar-refractivity contribution in [3.63, 3.8) is 0 Å². The van der Waals surface area contributed by atoms with Gasteiger partial charge >= 0.3 is 0 Å². The predicted molar refractivity (Wildman–Crippen MR) is 119 cm³/mol. The molecule has 1 heterocycles. The van der Waals surface area contributed by atoms with Crippen LogP contribution in [0, 0.1) is 10.1 Å². The number of amides is 1. The Balaban J connectivity index is 1.77. The normalized spacial score (nSPS) is 14.7. The minimum absolute atomic E-state index is 0.00657. The van der Waals surface area contributed by atoms with E-state index >= 15 is 0 Å². The summed E-state index contributed by atoms with van der Waals surface area (Å²) in [5, 5.41) is 14.6. The van der Waals surface area contributed by atoms with Crippen LogP contribution in [-0.4, -0.2) is 48.5 Å². The third kappa shape index (κ3) is 4.97. The van der Waals surface area contributed by atoms with E-state index in [4.69, 9.17) is 0 Å². The topological polar surface area (TPSA) is 78.7 Å². The molecule has 0 bridgehead atoms. The third-order valence-corrected chi connectivity index (χ3v) is 5.77. The van der Waals surface area contributed by atoms with Crippen molar-refractivity contribution < 1.29 is 9.72 Å². The zero-order chi connectivity index (χ0) is 21.5. The summed E-state index contributed by atoms with van der Waals surface area (Å²) in [5.74, 6) is -0.292. The maximum atomic E-state index is 12.8. The summed E-state index contributed by atoms with van der Waals surface area (Å²) >= 11 is 0. The first-order valence-electron chi connectivity index (χ1n) is 10.7. The van der Waals surface area contributed by atoms with Gasteiger partial charge in [-0.15, -0.1) is 0 Å². The number of nitro groups is 1.